The lowest BCUT2D eigenvalue weighted by atomic mass is 10.2. The summed E-state index contributed by atoms with van der Waals surface area (Å²) in [6, 6.07) is 15.9. The first-order valence-electron chi connectivity index (χ1n) is 10.9. The van der Waals surface area contributed by atoms with Crippen LogP contribution in [-0.2, 0) is 27.4 Å². The van der Waals surface area contributed by atoms with Gasteiger partial charge in [-0.05, 0) is 31.5 Å². The summed E-state index contributed by atoms with van der Waals surface area (Å²) in [5.41, 5.74) is 3.06. The van der Waals surface area contributed by atoms with E-state index >= 15 is 0 Å². The van der Waals surface area contributed by atoms with Crippen LogP contribution < -0.4 is 10.1 Å². The van der Waals surface area contributed by atoms with Gasteiger partial charge in [-0.2, -0.15) is 5.10 Å². The van der Waals surface area contributed by atoms with Crippen molar-refractivity contribution in [1.29, 1.82) is 0 Å². The molecule has 0 radical (unpaired) electrons. The molecule has 7 nitrogen and oxygen atoms in total. The van der Waals surface area contributed by atoms with Crippen LogP contribution in [0.3, 0.4) is 0 Å². The first kappa shape index (κ1) is 23.2. The third-order valence-electron chi connectivity index (χ3n) is 5.12. The van der Waals surface area contributed by atoms with Gasteiger partial charge < -0.3 is 19.5 Å². The largest absolute Gasteiger partial charge is 0.492 e. The molecule has 0 spiro atoms. The van der Waals surface area contributed by atoms with E-state index in [9.17, 15) is 4.79 Å². The van der Waals surface area contributed by atoms with E-state index in [1.165, 1.54) is 0 Å². The maximum atomic E-state index is 11.6. The standard InChI is InChI=1S/C25H31N3O4/c1-4-30-25(29)13-15-28-23-11-8-12-24(21(23)17-27-28)31-16-14-22(26-3)19(2)32-18-20-9-6-5-7-10-20/h5-12,17,26H,4,13-16,18H2,1-3H3/b22-19-. The van der Waals surface area contributed by atoms with E-state index in [-0.39, 0.29) is 12.4 Å². The zero-order chi connectivity index (χ0) is 22.8. The highest BCUT2D eigenvalue weighted by atomic mass is 16.5. The number of hydrogen-bond acceptors (Lipinski definition) is 6. The molecule has 3 rings (SSSR count). The summed E-state index contributed by atoms with van der Waals surface area (Å²) in [5, 5.41) is 8.55. The fraction of sp³-hybridized carbons (Fsp3) is 0.360. The summed E-state index contributed by atoms with van der Waals surface area (Å²) in [6.07, 6.45) is 2.75. The average Bonchev–Trinajstić information content (AvgIpc) is 3.24. The molecule has 0 atom stereocenters. The normalized spacial score (nSPS) is 11.7. The molecular formula is C25H31N3O4. The Morgan fingerprint density at radius 2 is 1.88 bits per heavy atom. The maximum Gasteiger partial charge on any atom is 0.307 e. The fourth-order valence-corrected chi connectivity index (χ4v) is 3.40. The molecule has 1 aromatic heterocycles. The summed E-state index contributed by atoms with van der Waals surface area (Å²) in [4.78, 5) is 11.6. The summed E-state index contributed by atoms with van der Waals surface area (Å²) < 4.78 is 18.8. The Kier molecular flexibility index (Phi) is 8.54. The number of carbonyl (C=O) groups is 1. The fourth-order valence-electron chi connectivity index (χ4n) is 3.40. The van der Waals surface area contributed by atoms with Crippen molar-refractivity contribution >= 4 is 16.9 Å². The van der Waals surface area contributed by atoms with Crippen molar-refractivity contribution in [2.45, 2.75) is 39.8 Å². The zero-order valence-corrected chi connectivity index (χ0v) is 19.0. The third-order valence-corrected chi connectivity index (χ3v) is 5.12. The molecule has 3 aromatic rings. The van der Waals surface area contributed by atoms with Gasteiger partial charge in [-0.1, -0.05) is 36.4 Å². The van der Waals surface area contributed by atoms with E-state index in [1.54, 1.807) is 17.8 Å². The molecule has 32 heavy (non-hydrogen) atoms. The first-order valence-corrected chi connectivity index (χ1v) is 10.9. The number of aryl methyl sites for hydroxylation is 1. The highest BCUT2D eigenvalue weighted by molar-refractivity contribution is 5.85. The summed E-state index contributed by atoms with van der Waals surface area (Å²) >= 11 is 0. The molecule has 0 fully saturated rings. The quantitative estimate of drug-likeness (QED) is 0.334. The molecule has 7 heteroatoms. The third kappa shape index (κ3) is 6.26. The Morgan fingerprint density at radius 1 is 1.06 bits per heavy atom. The number of rotatable bonds is 12. The lowest BCUT2D eigenvalue weighted by Gasteiger charge is -2.14. The van der Waals surface area contributed by atoms with Gasteiger partial charge in [-0.25, -0.2) is 0 Å². The number of carbonyl (C=O) groups excluding carboxylic acids is 1. The molecule has 0 saturated heterocycles. The van der Waals surface area contributed by atoms with Gasteiger partial charge in [0.1, 0.15) is 18.1 Å². The van der Waals surface area contributed by atoms with Gasteiger partial charge in [-0.15, -0.1) is 0 Å². The number of nitrogens with zero attached hydrogens (tertiary/aromatic N) is 2. The second-order valence-electron chi connectivity index (χ2n) is 7.27. The number of hydrogen-bond donors (Lipinski definition) is 1. The Bertz CT molecular complexity index is 1040. The van der Waals surface area contributed by atoms with Crippen LogP contribution in [0.5, 0.6) is 5.75 Å². The van der Waals surface area contributed by atoms with Crippen LogP contribution in [0.4, 0.5) is 0 Å². The van der Waals surface area contributed by atoms with Gasteiger partial charge in [0.2, 0.25) is 0 Å². The number of nitrogens with one attached hydrogen (secondary N) is 1. The van der Waals surface area contributed by atoms with E-state index < -0.39 is 0 Å². The highest BCUT2D eigenvalue weighted by Crippen LogP contribution is 2.26. The molecule has 0 aliphatic rings. The molecular weight excluding hydrogens is 406 g/mol. The van der Waals surface area contributed by atoms with E-state index in [4.69, 9.17) is 14.2 Å². The lowest BCUT2D eigenvalue weighted by molar-refractivity contribution is -0.143. The molecule has 2 aromatic carbocycles. The van der Waals surface area contributed by atoms with Crippen molar-refractivity contribution in [3.8, 4) is 5.75 Å². The number of aromatic nitrogens is 2. The van der Waals surface area contributed by atoms with Gasteiger partial charge in [0, 0.05) is 13.5 Å². The predicted octanol–water partition coefficient (Wildman–Crippen LogP) is 4.43. The van der Waals surface area contributed by atoms with Crippen molar-refractivity contribution in [1.82, 2.24) is 15.1 Å². The Balaban J connectivity index is 1.58. The van der Waals surface area contributed by atoms with Crippen LogP contribution in [0.25, 0.3) is 10.9 Å². The Morgan fingerprint density at radius 3 is 2.62 bits per heavy atom. The Labute approximate surface area is 189 Å². The van der Waals surface area contributed by atoms with E-state index in [2.05, 4.69) is 10.4 Å². The van der Waals surface area contributed by atoms with Crippen molar-refractivity contribution in [2.24, 2.45) is 0 Å². The van der Waals surface area contributed by atoms with Gasteiger partial charge in [-0.3, -0.25) is 9.48 Å². The molecule has 0 aliphatic carbocycles. The van der Waals surface area contributed by atoms with Crippen molar-refractivity contribution in [3.05, 3.63) is 71.7 Å². The number of esters is 1. The minimum atomic E-state index is -0.222. The van der Waals surface area contributed by atoms with Crippen LogP contribution in [-0.4, -0.2) is 36.0 Å². The molecule has 0 amide bonds. The minimum absolute atomic E-state index is 0.222. The van der Waals surface area contributed by atoms with Crippen LogP contribution in [0, 0.1) is 0 Å². The summed E-state index contributed by atoms with van der Waals surface area (Å²) in [6.45, 7) is 5.64. The van der Waals surface area contributed by atoms with Crippen molar-refractivity contribution in [3.63, 3.8) is 0 Å². The minimum Gasteiger partial charge on any atom is -0.492 e. The number of benzene rings is 2. The van der Waals surface area contributed by atoms with E-state index in [1.807, 2.05) is 62.5 Å². The predicted molar refractivity (Wildman–Crippen MR) is 124 cm³/mol. The summed E-state index contributed by atoms with van der Waals surface area (Å²) in [7, 11) is 1.89. The van der Waals surface area contributed by atoms with Crippen LogP contribution >= 0.6 is 0 Å². The Hall–Kier alpha value is -3.48. The highest BCUT2D eigenvalue weighted by Gasteiger charge is 2.11. The van der Waals surface area contributed by atoms with E-state index in [0.717, 1.165) is 33.7 Å². The van der Waals surface area contributed by atoms with Crippen LogP contribution in [0.1, 0.15) is 32.3 Å². The summed E-state index contributed by atoms with van der Waals surface area (Å²) in [5.74, 6) is 1.40. The molecule has 0 saturated carbocycles. The van der Waals surface area contributed by atoms with Crippen molar-refractivity contribution < 1.29 is 19.0 Å². The number of ether oxygens (including phenoxy) is 3. The molecule has 1 heterocycles. The molecule has 1 N–H and O–H groups in total. The second-order valence-corrected chi connectivity index (χ2v) is 7.27. The average molecular weight is 438 g/mol. The lowest BCUT2D eigenvalue weighted by Crippen LogP contribution is -2.13. The second kappa shape index (κ2) is 11.8. The zero-order valence-electron chi connectivity index (χ0n) is 19.0. The smallest absolute Gasteiger partial charge is 0.307 e. The van der Waals surface area contributed by atoms with Crippen molar-refractivity contribution in [2.75, 3.05) is 20.3 Å². The van der Waals surface area contributed by atoms with E-state index in [0.29, 0.717) is 32.8 Å². The molecule has 0 bridgehead atoms. The maximum absolute atomic E-state index is 11.6. The van der Waals surface area contributed by atoms with Gasteiger partial charge >= 0.3 is 5.97 Å². The molecule has 0 aliphatic heterocycles. The topological polar surface area (TPSA) is 74.6 Å². The van der Waals surface area contributed by atoms with Gasteiger partial charge in [0.05, 0.1) is 49.0 Å². The number of allylic oxidation sites excluding steroid dienone is 1. The molecule has 0 unspecified atom stereocenters. The first-order chi connectivity index (χ1) is 15.6. The van der Waals surface area contributed by atoms with Gasteiger partial charge in [0.15, 0.2) is 0 Å². The SMILES string of the molecule is CCOC(=O)CCn1ncc2c(OCC/C(NC)=C(\C)OCc3ccccc3)cccc21. The molecule has 170 valence electrons. The van der Waals surface area contributed by atoms with Crippen LogP contribution in [0.2, 0.25) is 0 Å². The number of fused-ring (bicyclic) bond motifs is 1. The van der Waals surface area contributed by atoms with Crippen LogP contribution in [0.15, 0.2) is 66.2 Å². The van der Waals surface area contributed by atoms with Gasteiger partial charge in [0.25, 0.3) is 0 Å². The monoisotopic (exact) mass is 437 g/mol.